The lowest BCUT2D eigenvalue weighted by atomic mass is 10.1. The summed E-state index contributed by atoms with van der Waals surface area (Å²) in [4.78, 5) is 22.6. The molecule has 1 amide bonds. The Morgan fingerprint density at radius 3 is 2.17 bits per heavy atom. The number of hydrogen-bond donors (Lipinski definition) is 2. The highest BCUT2D eigenvalue weighted by Crippen LogP contribution is 2.06. The Hall–Kier alpha value is -1.06. The molecular formula is C14H27NO3. The molecular weight excluding hydrogens is 230 g/mol. The van der Waals surface area contributed by atoms with Gasteiger partial charge in [-0.25, -0.2) is 4.79 Å². The fourth-order valence-corrected chi connectivity index (χ4v) is 1.83. The zero-order chi connectivity index (χ0) is 13.8. The molecule has 0 rings (SSSR count). The number of rotatable bonds is 11. The Balaban J connectivity index is 3.85. The van der Waals surface area contributed by atoms with Crippen LogP contribution in [-0.2, 0) is 9.59 Å². The predicted molar refractivity (Wildman–Crippen MR) is 72.5 cm³/mol. The Kier molecular flexibility index (Phi) is 10.4. The number of carboxylic acids is 1. The second-order valence-corrected chi connectivity index (χ2v) is 4.76. The molecule has 0 aliphatic carbocycles. The van der Waals surface area contributed by atoms with Crippen molar-refractivity contribution in [2.45, 2.75) is 77.7 Å². The fourth-order valence-electron chi connectivity index (χ4n) is 1.83. The van der Waals surface area contributed by atoms with E-state index in [-0.39, 0.29) is 5.91 Å². The number of unbranched alkanes of at least 4 members (excludes halogenated alkanes) is 5. The van der Waals surface area contributed by atoms with Crippen molar-refractivity contribution >= 4 is 11.9 Å². The van der Waals surface area contributed by atoms with Crippen molar-refractivity contribution in [3.63, 3.8) is 0 Å². The van der Waals surface area contributed by atoms with Crippen molar-refractivity contribution in [3.05, 3.63) is 0 Å². The van der Waals surface area contributed by atoms with Gasteiger partial charge in [-0.1, -0.05) is 52.4 Å². The van der Waals surface area contributed by atoms with Crippen LogP contribution >= 0.6 is 0 Å². The van der Waals surface area contributed by atoms with Crippen LogP contribution in [0.25, 0.3) is 0 Å². The molecule has 106 valence electrons. The smallest absolute Gasteiger partial charge is 0.326 e. The summed E-state index contributed by atoms with van der Waals surface area (Å²) in [6.45, 7) is 4.19. The van der Waals surface area contributed by atoms with Gasteiger partial charge in [0.05, 0.1) is 0 Å². The van der Waals surface area contributed by atoms with E-state index >= 15 is 0 Å². The molecule has 0 saturated heterocycles. The van der Waals surface area contributed by atoms with Gasteiger partial charge in [-0.15, -0.1) is 0 Å². The maximum Gasteiger partial charge on any atom is 0.326 e. The molecule has 0 spiro atoms. The van der Waals surface area contributed by atoms with Gasteiger partial charge >= 0.3 is 5.97 Å². The van der Waals surface area contributed by atoms with Crippen LogP contribution in [-0.4, -0.2) is 23.0 Å². The molecule has 4 heteroatoms. The Morgan fingerprint density at radius 1 is 1.00 bits per heavy atom. The summed E-state index contributed by atoms with van der Waals surface area (Å²) in [6, 6.07) is -0.713. The van der Waals surface area contributed by atoms with E-state index in [9.17, 15) is 9.59 Å². The van der Waals surface area contributed by atoms with Gasteiger partial charge < -0.3 is 10.4 Å². The molecule has 0 aliphatic rings. The first-order valence-electron chi connectivity index (χ1n) is 7.14. The maximum atomic E-state index is 11.6. The summed E-state index contributed by atoms with van der Waals surface area (Å²) >= 11 is 0. The molecule has 0 saturated carbocycles. The summed E-state index contributed by atoms with van der Waals surface area (Å²) in [5.41, 5.74) is 0. The number of carbonyl (C=O) groups is 2. The zero-order valence-corrected chi connectivity index (χ0v) is 11.7. The molecule has 0 heterocycles. The molecule has 4 nitrogen and oxygen atoms in total. The highest BCUT2D eigenvalue weighted by Gasteiger charge is 2.18. The van der Waals surface area contributed by atoms with E-state index in [1.54, 1.807) is 0 Å². The van der Waals surface area contributed by atoms with Gasteiger partial charge in [-0.05, 0) is 12.8 Å². The van der Waals surface area contributed by atoms with Crippen LogP contribution in [0.2, 0.25) is 0 Å². The monoisotopic (exact) mass is 257 g/mol. The van der Waals surface area contributed by atoms with E-state index in [1.807, 2.05) is 0 Å². The minimum atomic E-state index is -0.923. The molecule has 0 fully saturated rings. The Morgan fingerprint density at radius 2 is 1.61 bits per heavy atom. The van der Waals surface area contributed by atoms with E-state index in [2.05, 4.69) is 19.2 Å². The average Bonchev–Trinajstić information content (AvgIpc) is 2.33. The number of hydrogen-bond acceptors (Lipinski definition) is 2. The highest BCUT2D eigenvalue weighted by atomic mass is 16.4. The maximum absolute atomic E-state index is 11.6. The number of aliphatic carboxylic acids is 1. The van der Waals surface area contributed by atoms with Gasteiger partial charge in [-0.3, -0.25) is 4.79 Å². The van der Waals surface area contributed by atoms with Crippen LogP contribution < -0.4 is 5.32 Å². The number of nitrogens with one attached hydrogen (secondary N) is 1. The average molecular weight is 257 g/mol. The van der Waals surface area contributed by atoms with E-state index in [1.165, 1.54) is 0 Å². The van der Waals surface area contributed by atoms with Crippen molar-refractivity contribution in [3.8, 4) is 0 Å². The second-order valence-electron chi connectivity index (χ2n) is 4.76. The summed E-state index contributed by atoms with van der Waals surface area (Å²) in [5.74, 6) is -1.05. The van der Waals surface area contributed by atoms with Crippen LogP contribution in [0.4, 0.5) is 0 Å². The van der Waals surface area contributed by atoms with Crippen molar-refractivity contribution in [2.24, 2.45) is 0 Å². The highest BCUT2D eigenvalue weighted by molar-refractivity contribution is 5.83. The number of carboxylic acid groups (broad SMARTS) is 1. The molecule has 0 bridgehead atoms. The number of carbonyl (C=O) groups excluding carboxylic acids is 1. The van der Waals surface area contributed by atoms with Crippen molar-refractivity contribution in [1.82, 2.24) is 5.32 Å². The lowest BCUT2D eigenvalue weighted by Gasteiger charge is -2.14. The van der Waals surface area contributed by atoms with Gasteiger partial charge in [0.25, 0.3) is 0 Å². The standard InChI is InChI=1S/C14H27NO3/c1-3-5-7-9-11-13(16)15-12(14(17)18)10-8-6-4-2/h12H,3-11H2,1-2H3,(H,15,16)(H,17,18). The molecule has 2 N–H and O–H groups in total. The van der Waals surface area contributed by atoms with E-state index in [0.29, 0.717) is 12.8 Å². The van der Waals surface area contributed by atoms with Gasteiger partial charge in [0.15, 0.2) is 0 Å². The normalized spacial score (nSPS) is 12.1. The van der Waals surface area contributed by atoms with Crippen LogP contribution in [0, 0.1) is 0 Å². The van der Waals surface area contributed by atoms with E-state index < -0.39 is 12.0 Å². The summed E-state index contributed by atoms with van der Waals surface area (Å²) in [7, 11) is 0. The topological polar surface area (TPSA) is 66.4 Å². The van der Waals surface area contributed by atoms with E-state index in [0.717, 1.165) is 44.9 Å². The van der Waals surface area contributed by atoms with Crippen molar-refractivity contribution in [1.29, 1.82) is 0 Å². The van der Waals surface area contributed by atoms with Gasteiger partial charge in [-0.2, -0.15) is 0 Å². The molecule has 0 aromatic heterocycles. The van der Waals surface area contributed by atoms with Gasteiger partial charge in [0.1, 0.15) is 6.04 Å². The van der Waals surface area contributed by atoms with Crippen LogP contribution in [0.15, 0.2) is 0 Å². The lowest BCUT2D eigenvalue weighted by molar-refractivity contribution is -0.142. The third kappa shape index (κ3) is 9.02. The zero-order valence-electron chi connectivity index (χ0n) is 11.7. The number of amides is 1. The summed E-state index contributed by atoms with van der Waals surface area (Å²) < 4.78 is 0. The SMILES string of the molecule is CCCCCCC(=O)NC(CCCCC)C(=O)O. The molecule has 0 aromatic rings. The molecule has 1 unspecified atom stereocenters. The quantitative estimate of drug-likeness (QED) is 0.559. The second kappa shape index (κ2) is 11.1. The van der Waals surface area contributed by atoms with E-state index in [4.69, 9.17) is 5.11 Å². The first-order valence-corrected chi connectivity index (χ1v) is 7.14. The Bertz CT molecular complexity index is 241. The van der Waals surface area contributed by atoms with Crippen LogP contribution in [0.5, 0.6) is 0 Å². The molecule has 1 atom stereocenters. The third-order valence-electron chi connectivity index (χ3n) is 2.99. The molecule has 18 heavy (non-hydrogen) atoms. The third-order valence-corrected chi connectivity index (χ3v) is 2.99. The molecule has 0 aromatic carbocycles. The van der Waals surface area contributed by atoms with Crippen LogP contribution in [0.1, 0.15) is 71.6 Å². The van der Waals surface area contributed by atoms with Crippen molar-refractivity contribution in [2.75, 3.05) is 0 Å². The minimum Gasteiger partial charge on any atom is -0.480 e. The van der Waals surface area contributed by atoms with Crippen LogP contribution in [0.3, 0.4) is 0 Å². The first kappa shape index (κ1) is 16.9. The summed E-state index contributed by atoms with van der Waals surface area (Å²) in [6.07, 6.45) is 8.04. The fraction of sp³-hybridized carbons (Fsp3) is 0.857. The van der Waals surface area contributed by atoms with Gasteiger partial charge in [0, 0.05) is 6.42 Å². The Labute approximate surface area is 110 Å². The predicted octanol–water partition coefficient (Wildman–Crippen LogP) is 3.11. The van der Waals surface area contributed by atoms with Gasteiger partial charge in [0.2, 0.25) is 5.91 Å². The molecule has 0 aliphatic heterocycles. The minimum absolute atomic E-state index is 0.130. The van der Waals surface area contributed by atoms with Crippen molar-refractivity contribution < 1.29 is 14.7 Å². The molecule has 0 radical (unpaired) electrons. The lowest BCUT2D eigenvalue weighted by Crippen LogP contribution is -2.40. The first-order chi connectivity index (χ1) is 8.61. The summed E-state index contributed by atoms with van der Waals surface area (Å²) in [5, 5.41) is 11.6. The largest absolute Gasteiger partial charge is 0.480 e.